The summed E-state index contributed by atoms with van der Waals surface area (Å²) in [5, 5.41) is 6.42. The van der Waals surface area contributed by atoms with Gasteiger partial charge < -0.3 is 9.64 Å². The molecule has 1 unspecified atom stereocenters. The Bertz CT molecular complexity index is 1380. The molecule has 36 heavy (non-hydrogen) atoms. The number of thiazole rings is 2. The molecule has 0 bridgehead atoms. The summed E-state index contributed by atoms with van der Waals surface area (Å²) in [6.45, 7) is 3.17. The van der Waals surface area contributed by atoms with Gasteiger partial charge in [0.25, 0.3) is 0 Å². The fraction of sp³-hybridized carbons (Fsp3) is 0.500. The van der Waals surface area contributed by atoms with E-state index in [0.29, 0.717) is 6.04 Å². The lowest BCUT2D eigenvalue weighted by molar-refractivity contribution is -0.0394. The number of anilines is 1. The minimum absolute atomic E-state index is 0.0215. The largest absolute Gasteiger partial charge is 0.357 e. The molecule has 186 valence electrons. The fourth-order valence-electron chi connectivity index (χ4n) is 5.50. The van der Waals surface area contributed by atoms with Crippen molar-refractivity contribution in [1.82, 2.24) is 29.7 Å². The van der Waals surface area contributed by atoms with Gasteiger partial charge in [0, 0.05) is 31.5 Å². The van der Waals surface area contributed by atoms with Crippen LogP contribution in [0, 0.1) is 11.8 Å². The van der Waals surface area contributed by atoms with Crippen LogP contribution in [0.1, 0.15) is 51.7 Å². The van der Waals surface area contributed by atoms with E-state index in [1.807, 2.05) is 17.1 Å². The Kier molecular flexibility index (Phi) is 5.63. The van der Waals surface area contributed by atoms with Crippen LogP contribution in [0.25, 0.3) is 31.6 Å². The van der Waals surface area contributed by atoms with Crippen LogP contribution in [0.5, 0.6) is 0 Å². The van der Waals surface area contributed by atoms with E-state index in [-0.39, 0.29) is 6.23 Å². The zero-order chi connectivity index (χ0) is 24.2. The molecule has 2 fully saturated rings. The molecule has 4 aromatic rings. The van der Waals surface area contributed by atoms with Crippen molar-refractivity contribution >= 4 is 37.5 Å². The molecule has 5 heterocycles. The molecule has 1 saturated heterocycles. The molecule has 10 heteroatoms. The van der Waals surface area contributed by atoms with E-state index >= 15 is 0 Å². The molecule has 7 rings (SSSR count). The number of rotatable bonds is 5. The van der Waals surface area contributed by atoms with Crippen LogP contribution in [-0.4, -0.2) is 49.4 Å². The van der Waals surface area contributed by atoms with Crippen molar-refractivity contribution in [1.29, 1.82) is 0 Å². The maximum absolute atomic E-state index is 5.83. The van der Waals surface area contributed by atoms with Gasteiger partial charge in [0.1, 0.15) is 16.9 Å². The van der Waals surface area contributed by atoms with Crippen LogP contribution in [0.2, 0.25) is 0 Å². The van der Waals surface area contributed by atoms with E-state index in [4.69, 9.17) is 14.7 Å². The minimum Gasteiger partial charge on any atom is -0.357 e. The van der Waals surface area contributed by atoms with Gasteiger partial charge in [0.2, 0.25) is 0 Å². The van der Waals surface area contributed by atoms with E-state index in [1.165, 1.54) is 25.7 Å². The Morgan fingerprint density at radius 1 is 1.03 bits per heavy atom. The van der Waals surface area contributed by atoms with Crippen LogP contribution in [-0.2, 0) is 4.74 Å². The van der Waals surface area contributed by atoms with Crippen molar-refractivity contribution in [3.8, 4) is 22.0 Å². The van der Waals surface area contributed by atoms with Gasteiger partial charge in [-0.25, -0.2) is 19.6 Å². The number of nitrogens with zero attached hydrogens (tertiary/aromatic N) is 7. The molecular formula is C26H29N7OS2. The van der Waals surface area contributed by atoms with Gasteiger partial charge in [0.15, 0.2) is 14.8 Å². The Hall–Kier alpha value is -2.69. The monoisotopic (exact) mass is 519 g/mol. The smallest absolute Gasteiger partial charge is 0.188 e. The van der Waals surface area contributed by atoms with Crippen LogP contribution in [0.4, 0.5) is 5.13 Å². The molecule has 2 aliphatic carbocycles. The van der Waals surface area contributed by atoms with Crippen molar-refractivity contribution < 1.29 is 4.74 Å². The van der Waals surface area contributed by atoms with Crippen molar-refractivity contribution in [2.24, 2.45) is 11.8 Å². The van der Waals surface area contributed by atoms with Gasteiger partial charge in [-0.15, -0.1) is 0 Å². The van der Waals surface area contributed by atoms with Crippen molar-refractivity contribution in [3.05, 3.63) is 36.4 Å². The van der Waals surface area contributed by atoms with E-state index in [9.17, 15) is 0 Å². The number of allylic oxidation sites excluding steroid dienone is 2. The van der Waals surface area contributed by atoms with Crippen molar-refractivity contribution in [3.63, 3.8) is 0 Å². The predicted molar refractivity (Wildman–Crippen MR) is 143 cm³/mol. The summed E-state index contributed by atoms with van der Waals surface area (Å²) in [6.07, 6.45) is 16.9. The predicted octanol–water partition coefficient (Wildman–Crippen LogP) is 5.95. The average Bonchev–Trinajstić information content (AvgIpc) is 3.22. The third-order valence-electron chi connectivity index (χ3n) is 7.60. The summed E-state index contributed by atoms with van der Waals surface area (Å²) in [7, 11) is 2.20. The third kappa shape index (κ3) is 4.25. The van der Waals surface area contributed by atoms with Gasteiger partial charge >= 0.3 is 0 Å². The molecule has 1 saturated carbocycles. The second-order valence-corrected chi connectivity index (χ2v) is 12.3. The quantitative estimate of drug-likeness (QED) is 0.301. The van der Waals surface area contributed by atoms with Crippen LogP contribution in [0.15, 0.2) is 36.4 Å². The van der Waals surface area contributed by atoms with Crippen molar-refractivity contribution in [2.75, 3.05) is 18.6 Å². The summed E-state index contributed by atoms with van der Waals surface area (Å²) in [4.78, 5) is 23.5. The molecule has 1 aliphatic heterocycles. The average molecular weight is 520 g/mol. The van der Waals surface area contributed by atoms with Crippen LogP contribution in [0.3, 0.4) is 0 Å². The van der Waals surface area contributed by atoms with Gasteiger partial charge in [-0.05, 0) is 50.4 Å². The summed E-state index contributed by atoms with van der Waals surface area (Å²) < 4.78 is 7.73. The minimum atomic E-state index is 0.0215. The highest BCUT2D eigenvalue weighted by Crippen LogP contribution is 2.45. The van der Waals surface area contributed by atoms with E-state index in [0.717, 1.165) is 68.0 Å². The molecule has 4 atom stereocenters. The second-order valence-electron chi connectivity index (χ2n) is 10.3. The molecule has 4 aromatic heterocycles. The highest BCUT2D eigenvalue weighted by Gasteiger charge is 2.35. The first-order chi connectivity index (χ1) is 17.6. The molecule has 0 radical (unpaired) electrons. The molecule has 0 spiro atoms. The zero-order valence-corrected chi connectivity index (χ0v) is 22.1. The zero-order valence-electron chi connectivity index (χ0n) is 20.5. The molecular weight excluding hydrogens is 490 g/mol. The first kappa shape index (κ1) is 22.5. The third-order valence-corrected chi connectivity index (χ3v) is 9.74. The SMILES string of the molecule is C[C@@H]1CC2=C[C@H]2C[C@H](N(C)c2nc3sc(-c4cnc(-c5cnn(C6CCCCO6)c5)cn4)nc3s2)C1. The first-order valence-electron chi connectivity index (χ1n) is 12.8. The topological polar surface area (TPSA) is 81.9 Å². The second kappa shape index (κ2) is 9.00. The Morgan fingerprint density at radius 3 is 2.69 bits per heavy atom. The maximum Gasteiger partial charge on any atom is 0.188 e. The summed E-state index contributed by atoms with van der Waals surface area (Å²) in [6, 6.07) is 0.536. The lowest BCUT2D eigenvalue weighted by atomic mass is 9.98. The maximum atomic E-state index is 5.83. The number of aromatic nitrogens is 6. The summed E-state index contributed by atoms with van der Waals surface area (Å²) in [5.41, 5.74) is 4.19. The van der Waals surface area contributed by atoms with E-state index in [2.05, 4.69) is 40.0 Å². The fourth-order valence-corrected chi connectivity index (χ4v) is 7.53. The molecule has 0 amide bonds. The number of hydrogen-bond donors (Lipinski definition) is 0. The van der Waals surface area contributed by atoms with E-state index in [1.54, 1.807) is 40.6 Å². The number of ether oxygens (including phenoxy) is 1. The molecule has 3 aliphatic rings. The van der Waals surface area contributed by atoms with Crippen LogP contribution < -0.4 is 4.90 Å². The van der Waals surface area contributed by atoms with E-state index < -0.39 is 0 Å². The Balaban J connectivity index is 1.06. The van der Waals surface area contributed by atoms with Gasteiger partial charge in [-0.1, -0.05) is 41.2 Å². The molecule has 0 N–H and O–H groups in total. The molecule has 8 nitrogen and oxygen atoms in total. The first-order valence-corrected chi connectivity index (χ1v) is 14.4. The Morgan fingerprint density at radius 2 is 1.89 bits per heavy atom. The van der Waals surface area contributed by atoms with Gasteiger partial charge in [-0.3, -0.25) is 4.98 Å². The number of fused-ring (bicyclic) bond motifs is 2. The van der Waals surface area contributed by atoms with Gasteiger partial charge in [-0.2, -0.15) is 5.10 Å². The highest BCUT2D eigenvalue weighted by atomic mass is 32.1. The Labute approximate surface area is 218 Å². The lowest BCUT2D eigenvalue weighted by Crippen LogP contribution is -2.32. The molecule has 0 aromatic carbocycles. The van der Waals surface area contributed by atoms with Crippen LogP contribution >= 0.6 is 22.7 Å². The summed E-state index contributed by atoms with van der Waals surface area (Å²) >= 11 is 3.27. The highest BCUT2D eigenvalue weighted by molar-refractivity contribution is 7.29. The number of hydrogen-bond acceptors (Lipinski definition) is 9. The standard InChI is InChI=1S/C26H29N7OS2/c1-15-7-16-9-17(16)10-19(8-15)32(2)26-31-25-24(36-26)30-23(35-25)21-13-27-20(12-28-21)18-11-29-33(14-18)22-5-3-4-6-34-22/h9,11-15,17,19,22H,3-8,10H2,1-2H3/t15-,17+,19-,22?/m1/s1. The lowest BCUT2D eigenvalue weighted by Gasteiger charge is -2.28. The van der Waals surface area contributed by atoms with Crippen molar-refractivity contribution in [2.45, 2.75) is 57.7 Å². The normalized spacial score (nSPS) is 25.9. The summed E-state index contributed by atoms with van der Waals surface area (Å²) in [5.74, 6) is 1.46. The van der Waals surface area contributed by atoms with Gasteiger partial charge in [0.05, 0.1) is 24.3 Å².